The Hall–Kier alpha value is -1.85. The average molecular weight is 336 g/mol. The second kappa shape index (κ2) is 6.10. The van der Waals surface area contributed by atoms with Gasteiger partial charge in [-0.1, -0.05) is 29.8 Å². The van der Waals surface area contributed by atoms with Crippen LogP contribution in [0.4, 0.5) is 0 Å². The molecule has 0 bridgehead atoms. The third kappa shape index (κ3) is 2.87. The highest BCUT2D eigenvalue weighted by molar-refractivity contribution is 7.12. The Morgan fingerprint density at radius 3 is 2.50 bits per heavy atom. The van der Waals surface area contributed by atoms with Gasteiger partial charge in [0, 0.05) is 24.0 Å². The Kier molecular flexibility index (Phi) is 4.18. The number of halogens is 1. The number of amides is 1. The second-order valence-electron chi connectivity index (χ2n) is 5.29. The molecular weight excluding hydrogens is 322 g/mol. The molecule has 1 aliphatic rings. The van der Waals surface area contributed by atoms with Crippen molar-refractivity contribution in [1.29, 1.82) is 0 Å². The quantitative estimate of drug-likeness (QED) is 0.935. The lowest BCUT2D eigenvalue weighted by Gasteiger charge is -2.15. The van der Waals surface area contributed by atoms with Gasteiger partial charge in [-0.05, 0) is 29.1 Å². The van der Waals surface area contributed by atoms with Gasteiger partial charge in [-0.2, -0.15) is 0 Å². The number of carbonyl (C=O) groups is 2. The molecule has 0 spiro atoms. The van der Waals surface area contributed by atoms with Gasteiger partial charge in [0.2, 0.25) is 0 Å². The lowest BCUT2D eigenvalue weighted by atomic mass is 9.89. The molecule has 2 atom stereocenters. The maximum atomic E-state index is 12.4. The molecule has 1 amide bonds. The van der Waals surface area contributed by atoms with Crippen LogP contribution in [-0.4, -0.2) is 35.0 Å². The van der Waals surface area contributed by atoms with Gasteiger partial charge < -0.3 is 10.0 Å². The van der Waals surface area contributed by atoms with Gasteiger partial charge in [0.25, 0.3) is 5.91 Å². The Bertz CT molecular complexity index is 684. The molecule has 22 heavy (non-hydrogen) atoms. The number of carboxylic acids is 1. The molecule has 0 radical (unpaired) electrons. The standard InChI is InChI=1S/C16H14ClNO3S/c17-11-5-3-10(4-6-11)12-8-18(9-13(12)16(20)21)15(19)14-2-1-7-22-14/h1-7,12-13H,8-9H2,(H,20,21)/t12-,13+/m0/s1. The fourth-order valence-corrected chi connectivity index (χ4v) is 3.64. The summed E-state index contributed by atoms with van der Waals surface area (Å²) in [6.45, 7) is 0.648. The summed E-state index contributed by atoms with van der Waals surface area (Å²) in [6.07, 6.45) is 0. The number of hydrogen-bond donors (Lipinski definition) is 1. The Morgan fingerprint density at radius 1 is 1.18 bits per heavy atom. The number of likely N-dealkylation sites (tertiary alicyclic amines) is 1. The minimum absolute atomic E-state index is 0.0993. The van der Waals surface area contributed by atoms with Crippen LogP contribution < -0.4 is 0 Å². The van der Waals surface area contributed by atoms with Crippen LogP contribution in [0.2, 0.25) is 5.02 Å². The second-order valence-corrected chi connectivity index (χ2v) is 6.67. The number of hydrogen-bond acceptors (Lipinski definition) is 3. The van der Waals surface area contributed by atoms with Crippen LogP contribution in [0.5, 0.6) is 0 Å². The number of carboxylic acid groups (broad SMARTS) is 1. The Labute approximate surface area is 136 Å². The van der Waals surface area contributed by atoms with Crippen molar-refractivity contribution in [2.24, 2.45) is 5.92 Å². The van der Waals surface area contributed by atoms with Crippen LogP contribution in [-0.2, 0) is 4.79 Å². The van der Waals surface area contributed by atoms with E-state index in [0.29, 0.717) is 16.4 Å². The smallest absolute Gasteiger partial charge is 0.308 e. The first kappa shape index (κ1) is 15.1. The lowest BCUT2D eigenvalue weighted by Crippen LogP contribution is -2.29. The van der Waals surface area contributed by atoms with Crippen LogP contribution in [0.1, 0.15) is 21.2 Å². The summed E-state index contributed by atoms with van der Waals surface area (Å²) in [5.41, 5.74) is 0.901. The molecule has 0 unspecified atom stereocenters. The summed E-state index contributed by atoms with van der Waals surface area (Å²) in [5, 5.41) is 11.9. The van der Waals surface area contributed by atoms with Crippen molar-refractivity contribution >= 4 is 34.8 Å². The zero-order valence-electron chi connectivity index (χ0n) is 11.6. The number of aliphatic carboxylic acids is 1. The third-order valence-corrected chi connectivity index (χ3v) is 5.06. The molecule has 1 aromatic heterocycles. The van der Waals surface area contributed by atoms with E-state index in [9.17, 15) is 14.7 Å². The highest BCUT2D eigenvalue weighted by Crippen LogP contribution is 2.34. The van der Waals surface area contributed by atoms with E-state index in [2.05, 4.69) is 0 Å². The van der Waals surface area contributed by atoms with Crippen molar-refractivity contribution in [3.63, 3.8) is 0 Å². The number of benzene rings is 1. The molecule has 2 aromatic rings. The lowest BCUT2D eigenvalue weighted by molar-refractivity contribution is -0.141. The van der Waals surface area contributed by atoms with E-state index in [1.807, 2.05) is 23.6 Å². The van der Waals surface area contributed by atoms with Gasteiger partial charge in [0.1, 0.15) is 0 Å². The van der Waals surface area contributed by atoms with Crippen molar-refractivity contribution in [1.82, 2.24) is 4.90 Å². The first-order valence-corrected chi connectivity index (χ1v) is 8.13. The maximum absolute atomic E-state index is 12.4. The van der Waals surface area contributed by atoms with Crippen LogP contribution in [0, 0.1) is 5.92 Å². The summed E-state index contributed by atoms with van der Waals surface area (Å²) in [5.74, 6) is -1.78. The highest BCUT2D eigenvalue weighted by atomic mass is 35.5. The molecule has 1 aliphatic heterocycles. The monoisotopic (exact) mass is 335 g/mol. The Morgan fingerprint density at radius 2 is 1.91 bits per heavy atom. The fraction of sp³-hybridized carbons (Fsp3) is 0.250. The molecule has 1 N–H and O–H groups in total. The number of thiophene rings is 1. The average Bonchev–Trinajstić information content (AvgIpc) is 3.17. The minimum atomic E-state index is -0.874. The summed E-state index contributed by atoms with van der Waals surface area (Å²) >= 11 is 7.25. The number of nitrogens with zero attached hydrogens (tertiary/aromatic N) is 1. The first-order valence-electron chi connectivity index (χ1n) is 6.87. The van der Waals surface area contributed by atoms with Gasteiger partial charge >= 0.3 is 5.97 Å². The molecule has 6 heteroatoms. The van der Waals surface area contributed by atoms with Gasteiger partial charge in [-0.15, -0.1) is 11.3 Å². The van der Waals surface area contributed by atoms with Crippen LogP contribution in [0.3, 0.4) is 0 Å². The van der Waals surface area contributed by atoms with Crippen LogP contribution in [0.25, 0.3) is 0 Å². The molecule has 1 saturated heterocycles. The summed E-state index contributed by atoms with van der Waals surface area (Å²) in [4.78, 5) is 26.2. The van der Waals surface area contributed by atoms with Crippen molar-refractivity contribution in [3.8, 4) is 0 Å². The van der Waals surface area contributed by atoms with Crippen molar-refractivity contribution in [3.05, 3.63) is 57.2 Å². The van der Waals surface area contributed by atoms with Crippen LogP contribution in [0.15, 0.2) is 41.8 Å². The highest BCUT2D eigenvalue weighted by Gasteiger charge is 2.40. The van der Waals surface area contributed by atoms with E-state index in [4.69, 9.17) is 11.6 Å². The maximum Gasteiger partial charge on any atom is 0.308 e. The van der Waals surface area contributed by atoms with E-state index < -0.39 is 11.9 Å². The molecule has 4 nitrogen and oxygen atoms in total. The van der Waals surface area contributed by atoms with E-state index in [1.54, 1.807) is 23.1 Å². The fourth-order valence-electron chi connectivity index (χ4n) is 2.82. The first-order chi connectivity index (χ1) is 10.6. The zero-order valence-corrected chi connectivity index (χ0v) is 13.2. The van der Waals surface area contributed by atoms with E-state index in [0.717, 1.165) is 5.56 Å². The Balaban J connectivity index is 1.85. The molecule has 2 heterocycles. The van der Waals surface area contributed by atoms with Crippen molar-refractivity contribution in [2.45, 2.75) is 5.92 Å². The van der Waals surface area contributed by atoms with E-state index in [-0.39, 0.29) is 18.4 Å². The summed E-state index contributed by atoms with van der Waals surface area (Å²) in [6, 6.07) is 10.8. The largest absolute Gasteiger partial charge is 0.481 e. The molecule has 3 rings (SSSR count). The topological polar surface area (TPSA) is 57.6 Å². The van der Waals surface area contributed by atoms with Gasteiger partial charge in [-0.25, -0.2) is 0 Å². The molecule has 1 fully saturated rings. The van der Waals surface area contributed by atoms with E-state index in [1.165, 1.54) is 11.3 Å². The molecule has 0 saturated carbocycles. The predicted octanol–water partition coefficient (Wildman–Crippen LogP) is 3.34. The third-order valence-electron chi connectivity index (χ3n) is 3.95. The zero-order chi connectivity index (χ0) is 15.7. The van der Waals surface area contributed by atoms with Crippen molar-refractivity contribution in [2.75, 3.05) is 13.1 Å². The minimum Gasteiger partial charge on any atom is -0.481 e. The van der Waals surface area contributed by atoms with Gasteiger partial charge in [0.05, 0.1) is 10.8 Å². The molecular formula is C16H14ClNO3S. The normalized spacial score (nSPS) is 21.0. The molecule has 0 aliphatic carbocycles. The molecule has 1 aromatic carbocycles. The predicted molar refractivity (Wildman–Crippen MR) is 85.5 cm³/mol. The number of carbonyl (C=O) groups excluding carboxylic acids is 1. The van der Waals surface area contributed by atoms with Crippen molar-refractivity contribution < 1.29 is 14.7 Å². The summed E-state index contributed by atoms with van der Waals surface area (Å²) < 4.78 is 0. The van der Waals surface area contributed by atoms with Crippen LogP contribution >= 0.6 is 22.9 Å². The summed E-state index contributed by atoms with van der Waals surface area (Å²) in [7, 11) is 0. The van der Waals surface area contributed by atoms with Gasteiger partial charge in [-0.3, -0.25) is 9.59 Å². The molecule has 114 valence electrons. The van der Waals surface area contributed by atoms with E-state index >= 15 is 0 Å². The van der Waals surface area contributed by atoms with Gasteiger partial charge in [0.15, 0.2) is 0 Å². The SMILES string of the molecule is O=C(O)[C@@H]1CN(C(=O)c2cccs2)C[C@H]1c1ccc(Cl)cc1. The number of rotatable bonds is 3.